The predicted molar refractivity (Wildman–Crippen MR) is 96.9 cm³/mol. The number of ether oxygens (including phenoxy) is 1. The molecule has 7 heteroatoms. The van der Waals surface area contributed by atoms with Gasteiger partial charge < -0.3 is 15.0 Å². The number of amides is 2. The molecule has 0 bridgehead atoms. The van der Waals surface area contributed by atoms with Crippen LogP contribution in [-0.2, 0) is 0 Å². The van der Waals surface area contributed by atoms with E-state index in [1.54, 1.807) is 4.90 Å². The van der Waals surface area contributed by atoms with Crippen LogP contribution in [0, 0.1) is 25.2 Å². The molecule has 1 unspecified atom stereocenters. The number of hydrogen-bond acceptors (Lipinski definition) is 5. The van der Waals surface area contributed by atoms with Crippen molar-refractivity contribution < 1.29 is 9.53 Å². The van der Waals surface area contributed by atoms with Crippen LogP contribution in [0.15, 0.2) is 30.6 Å². The number of aryl methyl sites for hydroxylation is 2. The molecule has 1 aliphatic rings. The van der Waals surface area contributed by atoms with Crippen LogP contribution < -0.4 is 10.1 Å². The maximum Gasteiger partial charge on any atom is 0.321 e. The molecule has 0 spiro atoms. The number of nitriles is 1. The topological polar surface area (TPSA) is 91.1 Å². The third-order valence-corrected chi connectivity index (χ3v) is 4.19. The lowest BCUT2D eigenvalue weighted by Crippen LogP contribution is -2.46. The van der Waals surface area contributed by atoms with E-state index >= 15 is 0 Å². The molecule has 1 atom stereocenters. The van der Waals surface area contributed by atoms with E-state index in [1.807, 2.05) is 32.0 Å². The zero-order valence-corrected chi connectivity index (χ0v) is 14.9. The molecule has 1 aromatic carbocycles. The number of carbonyl (C=O) groups is 1. The van der Waals surface area contributed by atoms with Gasteiger partial charge in [0, 0.05) is 24.6 Å². The Morgan fingerprint density at radius 3 is 2.73 bits per heavy atom. The van der Waals surface area contributed by atoms with Gasteiger partial charge in [0.15, 0.2) is 0 Å². The van der Waals surface area contributed by atoms with E-state index in [0.29, 0.717) is 13.1 Å². The molecule has 1 saturated heterocycles. The molecule has 26 heavy (non-hydrogen) atoms. The molecule has 2 heterocycles. The van der Waals surface area contributed by atoms with Gasteiger partial charge in [-0.2, -0.15) is 5.26 Å². The smallest absolute Gasteiger partial charge is 0.321 e. The van der Waals surface area contributed by atoms with Crippen molar-refractivity contribution in [3.05, 3.63) is 47.4 Å². The molecule has 1 aromatic heterocycles. The first kappa shape index (κ1) is 17.7. The van der Waals surface area contributed by atoms with Crippen LogP contribution in [0.1, 0.15) is 29.7 Å². The number of nitrogens with one attached hydrogen (secondary N) is 1. The van der Waals surface area contributed by atoms with Crippen molar-refractivity contribution in [3.63, 3.8) is 0 Å². The number of nitrogens with zero attached hydrogens (tertiary/aromatic N) is 4. The van der Waals surface area contributed by atoms with Gasteiger partial charge in [0.05, 0.1) is 6.54 Å². The highest BCUT2D eigenvalue weighted by Gasteiger charge is 2.26. The van der Waals surface area contributed by atoms with Crippen LogP contribution in [0.3, 0.4) is 0 Å². The van der Waals surface area contributed by atoms with Crippen molar-refractivity contribution in [2.45, 2.75) is 32.8 Å². The SMILES string of the molecule is Cc1cc(C)cc(NC(=O)N2CCCC(Oc3nccnc3C#N)C2)c1. The molecule has 1 fully saturated rings. The Hall–Kier alpha value is -3.14. The molecular formula is C19H21N5O2. The molecule has 0 saturated carbocycles. The monoisotopic (exact) mass is 351 g/mol. The van der Waals surface area contributed by atoms with E-state index in [9.17, 15) is 4.79 Å². The minimum Gasteiger partial charge on any atom is -0.470 e. The van der Waals surface area contributed by atoms with Crippen molar-refractivity contribution in [1.82, 2.24) is 14.9 Å². The maximum absolute atomic E-state index is 12.6. The Morgan fingerprint density at radius 1 is 1.27 bits per heavy atom. The van der Waals surface area contributed by atoms with E-state index in [1.165, 1.54) is 12.4 Å². The van der Waals surface area contributed by atoms with Crippen LogP contribution in [0.4, 0.5) is 10.5 Å². The van der Waals surface area contributed by atoms with E-state index in [4.69, 9.17) is 10.00 Å². The third-order valence-electron chi connectivity index (χ3n) is 4.19. The summed E-state index contributed by atoms with van der Waals surface area (Å²) in [6.07, 6.45) is 4.36. The number of urea groups is 1. The van der Waals surface area contributed by atoms with Gasteiger partial charge in [0.1, 0.15) is 12.2 Å². The van der Waals surface area contributed by atoms with Crippen molar-refractivity contribution >= 4 is 11.7 Å². The molecule has 0 aliphatic carbocycles. The highest BCUT2D eigenvalue weighted by atomic mass is 16.5. The second-order valence-electron chi connectivity index (χ2n) is 6.46. The molecule has 7 nitrogen and oxygen atoms in total. The van der Waals surface area contributed by atoms with Gasteiger partial charge in [0.2, 0.25) is 5.69 Å². The maximum atomic E-state index is 12.6. The summed E-state index contributed by atoms with van der Waals surface area (Å²) >= 11 is 0. The number of piperidine rings is 1. The number of likely N-dealkylation sites (tertiary alicyclic amines) is 1. The van der Waals surface area contributed by atoms with Crippen molar-refractivity contribution in [3.8, 4) is 11.9 Å². The fourth-order valence-corrected chi connectivity index (χ4v) is 3.11. The zero-order valence-electron chi connectivity index (χ0n) is 14.9. The van der Waals surface area contributed by atoms with Gasteiger partial charge in [0.25, 0.3) is 5.88 Å². The molecule has 2 amide bonds. The third kappa shape index (κ3) is 4.28. The Bertz CT molecular complexity index is 826. The quantitative estimate of drug-likeness (QED) is 0.918. The van der Waals surface area contributed by atoms with Crippen LogP contribution in [0.5, 0.6) is 5.88 Å². The number of anilines is 1. The lowest BCUT2D eigenvalue weighted by atomic mass is 10.1. The Kier molecular flexibility index (Phi) is 5.32. The van der Waals surface area contributed by atoms with Crippen molar-refractivity contribution in [2.24, 2.45) is 0 Å². The number of carbonyl (C=O) groups excluding carboxylic acids is 1. The average Bonchev–Trinajstić information content (AvgIpc) is 2.61. The summed E-state index contributed by atoms with van der Waals surface area (Å²) in [6, 6.07) is 7.78. The van der Waals surface area contributed by atoms with E-state index in [0.717, 1.165) is 29.7 Å². The molecular weight excluding hydrogens is 330 g/mol. The lowest BCUT2D eigenvalue weighted by Gasteiger charge is -2.32. The summed E-state index contributed by atoms with van der Waals surface area (Å²) in [5.41, 5.74) is 3.15. The summed E-state index contributed by atoms with van der Waals surface area (Å²) in [4.78, 5) is 22.3. The molecule has 2 aromatic rings. The molecule has 0 radical (unpaired) electrons. The van der Waals surface area contributed by atoms with Crippen molar-refractivity contribution in [1.29, 1.82) is 5.26 Å². The second-order valence-corrected chi connectivity index (χ2v) is 6.46. The van der Waals surface area contributed by atoms with Crippen LogP contribution in [0.25, 0.3) is 0 Å². The van der Waals surface area contributed by atoms with Gasteiger partial charge in [-0.05, 0) is 49.9 Å². The number of hydrogen-bond donors (Lipinski definition) is 1. The van der Waals surface area contributed by atoms with E-state index in [2.05, 4.69) is 21.4 Å². The van der Waals surface area contributed by atoms with Crippen LogP contribution >= 0.6 is 0 Å². The number of benzene rings is 1. The normalized spacial score (nSPS) is 16.7. The first-order valence-electron chi connectivity index (χ1n) is 8.57. The second kappa shape index (κ2) is 7.83. The summed E-state index contributed by atoms with van der Waals surface area (Å²) < 4.78 is 5.83. The fraction of sp³-hybridized carbons (Fsp3) is 0.368. The summed E-state index contributed by atoms with van der Waals surface area (Å²) in [5, 5.41) is 12.0. The van der Waals surface area contributed by atoms with Gasteiger partial charge in [-0.1, -0.05) is 6.07 Å². The minimum absolute atomic E-state index is 0.150. The summed E-state index contributed by atoms with van der Waals surface area (Å²) in [7, 11) is 0. The largest absolute Gasteiger partial charge is 0.470 e. The Morgan fingerprint density at radius 2 is 2.00 bits per heavy atom. The summed E-state index contributed by atoms with van der Waals surface area (Å²) in [6.45, 7) is 5.11. The Labute approximate surface area is 152 Å². The van der Waals surface area contributed by atoms with E-state index in [-0.39, 0.29) is 23.7 Å². The fourth-order valence-electron chi connectivity index (χ4n) is 3.11. The molecule has 1 N–H and O–H groups in total. The Balaban J connectivity index is 1.64. The van der Waals surface area contributed by atoms with Gasteiger partial charge in [-0.25, -0.2) is 14.8 Å². The number of aromatic nitrogens is 2. The minimum atomic E-state index is -0.211. The molecule has 1 aliphatic heterocycles. The van der Waals surface area contributed by atoms with Gasteiger partial charge >= 0.3 is 6.03 Å². The lowest BCUT2D eigenvalue weighted by molar-refractivity contribution is 0.102. The van der Waals surface area contributed by atoms with Crippen LogP contribution in [0.2, 0.25) is 0 Å². The predicted octanol–water partition coefficient (Wildman–Crippen LogP) is 3.04. The van der Waals surface area contributed by atoms with Crippen LogP contribution in [-0.4, -0.2) is 40.1 Å². The average molecular weight is 351 g/mol. The van der Waals surface area contributed by atoms with Crippen molar-refractivity contribution in [2.75, 3.05) is 18.4 Å². The standard InChI is InChI=1S/C19H21N5O2/c1-13-8-14(2)10-15(9-13)23-19(25)24-7-3-4-16(12-24)26-18-17(11-20)21-5-6-22-18/h5-6,8-10,16H,3-4,7,12H2,1-2H3,(H,23,25). The van der Waals surface area contributed by atoms with E-state index < -0.39 is 0 Å². The summed E-state index contributed by atoms with van der Waals surface area (Å²) in [5.74, 6) is 0.219. The first-order chi connectivity index (χ1) is 12.5. The highest BCUT2D eigenvalue weighted by Crippen LogP contribution is 2.20. The first-order valence-corrected chi connectivity index (χ1v) is 8.57. The zero-order chi connectivity index (χ0) is 18.5. The number of rotatable bonds is 3. The van der Waals surface area contributed by atoms with Gasteiger partial charge in [-0.3, -0.25) is 0 Å². The molecule has 3 rings (SSSR count). The molecule has 134 valence electrons. The highest BCUT2D eigenvalue weighted by molar-refractivity contribution is 5.89. The van der Waals surface area contributed by atoms with Gasteiger partial charge in [-0.15, -0.1) is 0 Å².